The number of imidazole rings is 1. The van der Waals surface area contributed by atoms with Gasteiger partial charge in [-0.1, -0.05) is 0 Å². The van der Waals surface area contributed by atoms with Crippen LogP contribution in [0.15, 0.2) is 18.3 Å². The van der Waals surface area contributed by atoms with Crippen LogP contribution < -0.4 is 0 Å². The molecule has 1 atom stereocenters. The molecular formula is C15H19N3O3. The van der Waals surface area contributed by atoms with Crippen LogP contribution in [0.4, 0.5) is 0 Å². The van der Waals surface area contributed by atoms with Gasteiger partial charge in [-0.3, -0.25) is 4.40 Å². The van der Waals surface area contributed by atoms with Crippen molar-refractivity contribution in [2.24, 2.45) is 0 Å². The smallest absolute Gasteiger partial charge is 0.356 e. The minimum Gasteiger partial charge on any atom is -0.506 e. The third-order valence-electron chi connectivity index (χ3n) is 4.19. The minimum atomic E-state index is -1.11. The van der Waals surface area contributed by atoms with Crippen LogP contribution in [0.1, 0.15) is 42.5 Å². The second-order valence-electron chi connectivity index (χ2n) is 5.81. The number of carboxylic acids is 1. The van der Waals surface area contributed by atoms with Crippen LogP contribution in [0, 0.1) is 0 Å². The summed E-state index contributed by atoms with van der Waals surface area (Å²) >= 11 is 0. The molecule has 1 saturated heterocycles. The number of carboxylic acid groups (broad SMARTS) is 1. The number of pyridine rings is 1. The van der Waals surface area contributed by atoms with E-state index < -0.39 is 5.97 Å². The van der Waals surface area contributed by atoms with Crippen molar-refractivity contribution in [3.63, 3.8) is 0 Å². The van der Waals surface area contributed by atoms with Crippen molar-refractivity contribution in [3.05, 3.63) is 29.8 Å². The van der Waals surface area contributed by atoms with Gasteiger partial charge in [-0.05, 0) is 38.9 Å². The highest BCUT2D eigenvalue weighted by atomic mass is 16.4. The number of hydrogen-bond acceptors (Lipinski definition) is 4. The summed E-state index contributed by atoms with van der Waals surface area (Å²) in [6, 6.07) is 3.66. The van der Waals surface area contributed by atoms with Gasteiger partial charge in [0.1, 0.15) is 17.1 Å². The number of aromatic hydroxyl groups is 1. The highest BCUT2D eigenvalue weighted by Crippen LogP contribution is 2.32. The van der Waals surface area contributed by atoms with Crippen LogP contribution in [0.3, 0.4) is 0 Å². The predicted octanol–water partition coefficient (Wildman–Crippen LogP) is 1.94. The number of aromatic carboxylic acids is 1. The molecule has 3 rings (SSSR count). The zero-order chi connectivity index (χ0) is 15.1. The fraction of sp³-hybridized carbons (Fsp3) is 0.467. The Morgan fingerprint density at radius 3 is 2.86 bits per heavy atom. The Labute approximate surface area is 122 Å². The molecule has 1 aliphatic rings. The molecule has 112 valence electrons. The fourth-order valence-corrected chi connectivity index (χ4v) is 3.05. The van der Waals surface area contributed by atoms with Crippen molar-refractivity contribution in [1.82, 2.24) is 14.3 Å². The summed E-state index contributed by atoms with van der Waals surface area (Å²) < 4.78 is 1.72. The van der Waals surface area contributed by atoms with E-state index in [-0.39, 0.29) is 22.9 Å². The molecule has 1 aliphatic heterocycles. The summed E-state index contributed by atoms with van der Waals surface area (Å²) in [7, 11) is 0. The number of rotatable bonds is 3. The van der Waals surface area contributed by atoms with Crippen molar-refractivity contribution >= 4 is 11.5 Å². The highest BCUT2D eigenvalue weighted by Gasteiger charge is 2.30. The van der Waals surface area contributed by atoms with Crippen LogP contribution in [0.2, 0.25) is 0 Å². The van der Waals surface area contributed by atoms with Gasteiger partial charge in [-0.15, -0.1) is 0 Å². The average Bonchev–Trinajstić information content (AvgIpc) is 3.02. The number of hydrogen-bond donors (Lipinski definition) is 2. The van der Waals surface area contributed by atoms with E-state index in [9.17, 15) is 15.0 Å². The molecule has 2 aromatic rings. The first-order valence-corrected chi connectivity index (χ1v) is 7.16. The van der Waals surface area contributed by atoms with E-state index in [1.807, 2.05) is 0 Å². The van der Waals surface area contributed by atoms with E-state index in [2.05, 4.69) is 23.7 Å². The summed E-state index contributed by atoms with van der Waals surface area (Å²) in [5.41, 5.74) is 0.203. The van der Waals surface area contributed by atoms with Crippen molar-refractivity contribution in [3.8, 4) is 5.75 Å². The van der Waals surface area contributed by atoms with E-state index in [0.29, 0.717) is 6.04 Å². The van der Waals surface area contributed by atoms with Crippen molar-refractivity contribution < 1.29 is 15.0 Å². The van der Waals surface area contributed by atoms with Crippen LogP contribution in [-0.2, 0) is 0 Å². The molecule has 0 saturated carbocycles. The van der Waals surface area contributed by atoms with Gasteiger partial charge in [0.25, 0.3) is 0 Å². The van der Waals surface area contributed by atoms with Gasteiger partial charge in [0.2, 0.25) is 0 Å². The van der Waals surface area contributed by atoms with Gasteiger partial charge in [-0.25, -0.2) is 9.78 Å². The van der Waals surface area contributed by atoms with Gasteiger partial charge in [0.15, 0.2) is 5.69 Å². The minimum absolute atomic E-state index is 0.0487. The van der Waals surface area contributed by atoms with E-state index in [0.717, 1.165) is 25.3 Å². The summed E-state index contributed by atoms with van der Waals surface area (Å²) in [5, 5.41) is 19.3. The van der Waals surface area contributed by atoms with Crippen LogP contribution in [0.5, 0.6) is 5.75 Å². The zero-order valence-electron chi connectivity index (χ0n) is 12.2. The highest BCUT2D eigenvalue weighted by molar-refractivity contribution is 5.95. The molecule has 0 radical (unpaired) electrons. The molecule has 0 aliphatic carbocycles. The maximum absolute atomic E-state index is 11.4. The lowest BCUT2D eigenvalue weighted by molar-refractivity contribution is 0.0692. The summed E-state index contributed by atoms with van der Waals surface area (Å²) in [6.07, 6.45) is 2.72. The van der Waals surface area contributed by atoms with Gasteiger partial charge < -0.3 is 15.1 Å². The van der Waals surface area contributed by atoms with Gasteiger partial charge >= 0.3 is 5.97 Å². The number of nitrogens with zero attached hydrogens (tertiary/aromatic N) is 3. The maximum Gasteiger partial charge on any atom is 0.356 e. The summed E-state index contributed by atoms with van der Waals surface area (Å²) in [5.74, 6) is -0.248. The quantitative estimate of drug-likeness (QED) is 0.902. The largest absolute Gasteiger partial charge is 0.506 e. The topological polar surface area (TPSA) is 78.1 Å². The predicted molar refractivity (Wildman–Crippen MR) is 77.9 cm³/mol. The lowest BCUT2D eigenvalue weighted by atomic mass is 10.1. The lowest BCUT2D eigenvalue weighted by Crippen LogP contribution is -2.28. The van der Waals surface area contributed by atoms with E-state index in [4.69, 9.17) is 0 Å². The maximum atomic E-state index is 11.4. The number of fused-ring (bicyclic) bond motifs is 1. The van der Waals surface area contributed by atoms with Gasteiger partial charge in [-0.2, -0.15) is 0 Å². The summed E-state index contributed by atoms with van der Waals surface area (Å²) in [4.78, 5) is 18.0. The molecular weight excluding hydrogens is 270 g/mol. The Balaban J connectivity index is 2.08. The number of likely N-dealkylation sites (tertiary alicyclic amines) is 1. The molecule has 2 aromatic heterocycles. The molecule has 0 aromatic carbocycles. The number of aromatic nitrogens is 2. The molecule has 0 spiro atoms. The second kappa shape index (κ2) is 5.04. The number of carbonyl (C=O) groups is 1. The van der Waals surface area contributed by atoms with E-state index in [1.54, 1.807) is 16.7 Å². The molecule has 1 fully saturated rings. The Bertz CT molecular complexity index is 693. The summed E-state index contributed by atoms with van der Waals surface area (Å²) in [6.45, 7) is 6.16. The normalized spacial score (nSPS) is 19.7. The Morgan fingerprint density at radius 1 is 1.48 bits per heavy atom. The Morgan fingerprint density at radius 2 is 2.24 bits per heavy atom. The third kappa shape index (κ3) is 2.25. The molecule has 21 heavy (non-hydrogen) atoms. The Hall–Kier alpha value is -2.08. The first-order valence-electron chi connectivity index (χ1n) is 7.16. The monoisotopic (exact) mass is 289 g/mol. The van der Waals surface area contributed by atoms with Crippen LogP contribution in [-0.4, -0.2) is 49.6 Å². The zero-order valence-corrected chi connectivity index (χ0v) is 12.2. The first-order chi connectivity index (χ1) is 9.99. The lowest BCUT2D eigenvalue weighted by Gasteiger charge is -2.19. The van der Waals surface area contributed by atoms with Gasteiger partial charge in [0.05, 0.1) is 0 Å². The molecule has 6 heteroatoms. The molecule has 3 heterocycles. The first kappa shape index (κ1) is 13.9. The fourth-order valence-electron chi connectivity index (χ4n) is 3.05. The molecule has 6 nitrogen and oxygen atoms in total. The van der Waals surface area contributed by atoms with Crippen molar-refractivity contribution in [2.75, 3.05) is 13.1 Å². The molecule has 1 unspecified atom stereocenters. The third-order valence-corrected chi connectivity index (χ3v) is 4.19. The molecule has 0 bridgehead atoms. The molecule has 2 N–H and O–H groups in total. The second-order valence-corrected chi connectivity index (χ2v) is 5.81. The van der Waals surface area contributed by atoms with Crippen molar-refractivity contribution in [2.45, 2.75) is 32.2 Å². The standard InChI is InChI=1S/C15H19N3O3/c1-9(2)17-7-5-10(8-17)14-16-12(15(20)21)13-11(19)4-3-6-18(13)14/h3-4,6,9-10,19H,5,7-8H2,1-2H3,(H,20,21). The van der Waals surface area contributed by atoms with E-state index >= 15 is 0 Å². The SMILES string of the molecule is CC(C)N1CCC(c2nc(C(=O)O)c3c(O)cccn23)C1. The van der Waals surface area contributed by atoms with E-state index in [1.165, 1.54) is 6.07 Å². The molecule has 0 amide bonds. The Kier molecular flexibility index (Phi) is 3.33. The average molecular weight is 289 g/mol. The van der Waals surface area contributed by atoms with Gasteiger partial charge in [0, 0.05) is 24.7 Å². The van der Waals surface area contributed by atoms with Crippen LogP contribution >= 0.6 is 0 Å². The van der Waals surface area contributed by atoms with Crippen molar-refractivity contribution in [1.29, 1.82) is 0 Å². The van der Waals surface area contributed by atoms with Crippen LogP contribution in [0.25, 0.3) is 5.52 Å².